The fourth-order valence-corrected chi connectivity index (χ4v) is 1.94. The van der Waals surface area contributed by atoms with Gasteiger partial charge in [0.05, 0.1) is 26.9 Å². The van der Waals surface area contributed by atoms with Gasteiger partial charge in [-0.1, -0.05) is 0 Å². The Kier molecular flexibility index (Phi) is 13.5. The Labute approximate surface area is 161 Å². The SMILES string of the molecule is COC(=O)C(N)CCC(=O)NCCOCCOCCCC(=O)OC(C)(C)C. The summed E-state index contributed by atoms with van der Waals surface area (Å²) in [5.41, 5.74) is 5.08. The normalized spacial score (nSPS) is 12.3. The number of rotatable bonds is 14. The van der Waals surface area contributed by atoms with Gasteiger partial charge in [-0.05, 0) is 33.6 Å². The molecular weight excluding hydrogens is 356 g/mol. The lowest BCUT2D eigenvalue weighted by Crippen LogP contribution is -2.34. The molecule has 1 amide bonds. The van der Waals surface area contributed by atoms with Crippen molar-refractivity contribution in [2.75, 3.05) is 40.1 Å². The third kappa shape index (κ3) is 16.2. The summed E-state index contributed by atoms with van der Waals surface area (Å²) in [4.78, 5) is 34.2. The van der Waals surface area contributed by atoms with Crippen molar-refractivity contribution < 1.29 is 33.3 Å². The molecule has 0 heterocycles. The second kappa shape index (κ2) is 14.4. The maximum absolute atomic E-state index is 11.6. The van der Waals surface area contributed by atoms with Crippen LogP contribution in [0.4, 0.5) is 0 Å². The number of carbonyl (C=O) groups excluding carboxylic acids is 3. The van der Waals surface area contributed by atoms with E-state index >= 15 is 0 Å². The molecule has 0 fully saturated rings. The van der Waals surface area contributed by atoms with Gasteiger partial charge in [0, 0.05) is 26.0 Å². The summed E-state index contributed by atoms with van der Waals surface area (Å²) in [5.74, 6) is -0.959. The Morgan fingerprint density at radius 3 is 2.22 bits per heavy atom. The van der Waals surface area contributed by atoms with Crippen LogP contribution in [0.25, 0.3) is 0 Å². The molecule has 0 aliphatic carbocycles. The predicted octanol–water partition coefficient (Wildman–Crippen LogP) is 0.538. The van der Waals surface area contributed by atoms with Gasteiger partial charge in [0.15, 0.2) is 0 Å². The van der Waals surface area contributed by atoms with Crippen molar-refractivity contribution in [2.24, 2.45) is 5.73 Å². The number of hydrogen-bond donors (Lipinski definition) is 2. The minimum Gasteiger partial charge on any atom is -0.468 e. The molecule has 9 nitrogen and oxygen atoms in total. The van der Waals surface area contributed by atoms with Crippen LogP contribution in [0.1, 0.15) is 46.5 Å². The van der Waals surface area contributed by atoms with E-state index in [4.69, 9.17) is 19.9 Å². The molecule has 0 bridgehead atoms. The molecule has 158 valence electrons. The molecule has 0 saturated carbocycles. The third-order valence-corrected chi connectivity index (χ3v) is 3.22. The Morgan fingerprint density at radius 1 is 1.00 bits per heavy atom. The average molecular weight is 390 g/mol. The van der Waals surface area contributed by atoms with E-state index in [1.165, 1.54) is 7.11 Å². The molecule has 1 atom stereocenters. The van der Waals surface area contributed by atoms with E-state index in [9.17, 15) is 14.4 Å². The van der Waals surface area contributed by atoms with Crippen LogP contribution < -0.4 is 11.1 Å². The van der Waals surface area contributed by atoms with E-state index in [0.717, 1.165) is 0 Å². The standard InChI is InChI=1S/C18H34N2O7/c1-18(2,3)27-16(22)6-5-10-25-12-13-26-11-9-20-15(21)8-7-14(19)17(23)24-4/h14H,5-13,19H2,1-4H3,(H,20,21). The van der Waals surface area contributed by atoms with Gasteiger partial charge < -0.3 is 30.0 Å². The molecule has 0 saturated heterocycles. The van der Waals surface area contributed by atoms with Crippen LogP contribution in [0.2, 0.25) is 0 Å². The number of nitrogens with one attached hydrogen (secondary N) is 1. The first kappa shape index (κ1) is 25.3. The first-order valence-corrected chi connectivity index (χ1v) is 9.13. The highest BCUT2D eigenvalue weighted by molar-refractivity contribution is 5.79. The van der Waals surface area contributed by atoms with Gasteiger partial charge in [-0.25, -0.2) is 0 Å². The fraction of sp³-hybridized carbons (Fsp3) is 0.833. The minimum atomic E-state index is -0.788. The van der Waals surface area contributed by atoms with Gasteiger partial charge in [-0.3, -0.25) is 14.4 Å². The molecule has 27 heavy (non-hydrogen) atoms. The molecule has 3 N–H and O–H groups in total. The number of ether oxygens (including phenoxy) is 4. The molecule has 0 rings (SSSR count). The number of amides is 1. The Morgan fingerprint density at radius 2 is 1.63 bits per heavy atom. The molecule has 0 spiro atoms. The van der Waals surface area contributed by atoms with Gasteiger partial charge in [0.25, 0.3) is 0 Å². The van der Waals surface area contributed by atoms with Crippen LogP contribution >= 0.6 is 0 Å². The van der Waals surface area contributed by atoms with Crippen molar-refractivity contribution in [1.29, 1.82) is 0 Å². The van der Waals surface area contributed by atoms with Crippen LogP contribution in [0.5, 0.6) is 0 Å². The number of nitrogens with two attached hydrogens (primary N) is 1. The summed E-state index contributed by atoms with van der Waals surface area (Å²) in [7, 11) is 1.25. The Balaban J connectivity index is 3.44. The van der Waals surface area contributed by atoms with Crippen LogP contribution in [0.3, 0.4) is 0 Å². The van der Waals surface area contributed by atoms with Gasteiger partial charge >= 0.3 is 11.9 Å². The lowest BCUT2D eigenvalue weighted by Gasteiger charge is -2.19. The summed E-state index contributed by atoms with van der Waals surface area (Å²) in [5, 5.41) is 2.67. The highest BCUT2D eigenvalue weighted by atomic mass is 16.6. The van der Waals surface area contributed by atoms with Crippen molar-refractivity contribution in [3.8, 4) is 0 Å². The molecule has 0 aliphatic heterocycles. The first-order valence-electron chi connectivity index (χ1n) is 9.13. The summed E-state index contributed by atoms with van der Waals surface area (Å²) in [6, 6.07) is -0.788. The van der Waals surface area contributed by atoms with Crippen molar-refractivity contribution in [3.05, 3.63) is 0 Å². The average Bonchev–Trinajstić information content (AvgIpc) is 2.58. The van der Waals surface area contributed by atoms with Crippen molar-refractivity contribution >= 4 is 17.8 Å². The van der Waals surface area contributed by atoms with Crippen molar-refractivity contribution in [3.63, 3.8) is 0 Å². The third-order valence-electron chi connectivity index (χ3n) is 3.22. The molecule has 1 unspecified atom stereocenters. The van der Waals surface area contributed by atoms with E-state index in [1.54, 1.807) is 0 Å². The number of carbonyl (C=O) groups is 3. The largest absolute Gasteiger partial charge is 0.468 e. The highest BCUT2D eigenvalue weighted by Gasteiger charge is 2.16. The topological polar surface area (TPSA) is 126 Å². The van der Waals surface area contributed by atoms with E-state index in [0.29, 0.717) is 45.8 Å². The molecule has 9 heteroatoms. The zero-order chi connectivity index (χ0) is 20.7. The quantitative estimate of drug-likeness (QED) is 0.325. The van der Waals surface area contributed by atoms with Crippen LogP contribution in [0, 0.1) is 0 Å². The van der Waals surface area contributed by atoms with Crippen molar-refractivity contribution in [2.45, 2.75) is 58.1 Å². The summed E-state index contributed by atoms with van der Waals surface area (Å²) < 4.78 is 20.4. The highest BCUT2D eigenvalue weighted by Crippen LogP contribution is 2.09. The van der Waals surface area contributed by atoms with E-state index in [2.05, 4.69) is 10.1 Å². The summed E-state index contributed by atoms with van der Waals surface area (Å²) in [6.45, 7) is 7.49. The van der Waals surface area contributed by atoms with E-state index < -0.39 is 17.6 Å². The lowest BCUT2D eigenvalue weighted by atomic mass is 10.1. The monoisotopic (exact) mass is 390 g/mol. The molecule has 0 aromatic carbocycles. The smallest absolute Gasteiger partial charge is 0.322 e. The van der Waals surface area contributed by atoms with Crippen molar-refractivity contribution in [1.82, 2.24) is 5.32 Å². The lowest BCUT2D eigenvalue weighted by molar-refractivity contribution is -0.155. The number of methoxy groups -OCH3 is 1. The Hall–Kier alpha value is -1.71. The maximum Gasteiger partial charge on any atom is 0.322 e. The van der Waals surface area contributed by atoms with Gasteiger partial charge in [0.1, 0.15) is 11.6 Å². The van der Waals surface area contributed by atoms with Gasteiger partial charge in [-0.15, -0.1) is 0 Å². The molecule has 0 aliphatic rings. The maximum atomic E-state index is 11.6. The predicted molar refractivity (Wildman–Crippen MR) is 99.0 cm³/mol. The zero-order valence-corrected chi connectivity index (χ0v) is 16.9. The second-order valence-corrected chi connectivity index (χ2v) is 6.93. The first-order chi connectivity index (χ1) is 12.7. The summed E-state index contributed by atoms with van der Waals surface area (Å²) >= 11 is 0. The molecule has 0 radical (unpaired) electrons. The summed E-state index contributed by atoms with van der Waals surface area (Å²) in [6.07, 6.45) is 1.30. The second-order valence-electron chi connectivity index (χ2n) is 6.93. The zero-order valence-electron chi connectivity index (χ0n) is 16.9. The molecular formula is C18H34N2O7. The number of esters is 2. The van der Waals surface area contributed by atoms with Crippen LogP contribution in [0.15, 0.2) is 0 Å². The fourth-order valence-electron chi connectivity index (χ4n) is 1.94. The van der Waals surface area contributed by atoms with Gasteiger partial charge in [-0.2, -0.15) is 0 Å². The van der Waals surface area contributed by atoms with Crippen LogP contribution in [-0.2, 0) is 33.3 Å². The molecule has 0 aromatic heterocycles. The number of hydrogen-bond acceptors (Lipinski definition) is 8. The Bertz CT molecular complexity index is 449. The minimum absolute atomic E-state index is 0.150. The van der Waals surface area contributed by atoms with Gasteiger partial charge in [0.2, 0.25) is 5.91 Å². The van der Waals surface area contributed by atoms with E-state index in [1.807, 2.05) is 20.8 Å². The molecule has 0 aromatic rings. The van der Waals surface area contributed by atoms with E-state index in [-0.39, 0.29) is 24.7 Å². The van der Waals surface area contributed by atoms with Crippen LogP contribution in [-0.4, -0.2) is 69.6 Å².